The SMILES string of the molecule is C=C(C)COc1c(I)cc(/C=C2\N=C(c3ccc(NC(C)=O)cc3)OC2=O)cc1OCC. The summed E-state index contributed by atoms with van der Waals surface area (Å²) in [5.74, 6) is 0.717. The number of hydrogen-bond donors (Lipinski definition) is 1. The Morgan fingerprint density at radius 3 is 2.56 bits per heavy atom. The minimum atomic E-state index is -0.540. The van der Waals surface area contributed by atoms with Crippen LogP contribution >= 0.6 is 22.6 Å². The maximum Gasteiger partial charge on any atom is 0.363 e. The summed E-state index contributed by atoms with van der Waals surface area (Å²) in [6.07, 6.45) is 1.65. The number of nitrogens with zero attached hydrogens (tertiary/aromatic N) is 1. The van der Waals surface area contributed by atoms with Crippen LogP contribution in [-0.2, 0) is 14.3 Å². The summed E-state index contributed by atoms with van der Waals surface area (Å²) < 4.78 is 17.8. The van der Waals surface area contributed by atoms with Crippen molar-refractivity contribution in [2.45, 2.75) is 20.8 Å². The van der Waals surface area contributed by atoms with Crippen molar-refractivity contribution in [3.8, 4) is 11.5 Å². The highest BCUT2D eigenvalue weighted by Gasteiger charge is 2.24. The first-order chi connectivity index (χ1) is 15.3. The van der Waals surface area contributed by atoms with E-state index in [1.807, 2.05) is 19.9 Å². The van der Waals surface area contributed by atoms with E-state index in [2.05, 4.69) is 39.5 Å². The van der Waals surface area contributed by atoms with Gasteiger partial charge in [0.05, 0.1) is 10.2 Å². The molecule has 8 heteroatoms. The van der Waals surface area contributed by atoms with E-state index in [9.17, 15) is 9.59 Å². The molecule has 0 atom stereocenters. The number of carbonyl (C=O) groups excluding carboxylic acids is 2. The number of cyclic esters (lactones) is 1. The molecule has 2 aromatic carbocycles. The van der Waals surface area contributed by atoms with Crippen molar-refractivity contribution in [2.75, 3.05) is 18.5 Å². The second-order valence-electron chi connectivity index (χ2n) is 7.10. The van der Waals surface area contributed by atoms with Gasteiger partial charge in [-0.15, -0.1) is 0 Å². The van der Waals surface area contributed by atoms with Gasteiger partial charge in [0.25, 0.3) is 0 Å². The van der Waals surface area contributed by atoms with Gasteiger partial charge in [-0.25, -0.2) is 9.79 Å². The largest absolute Gasteiger partial charge is 0.490 e. The molecule has 166 valence electrons. The predicted octanol–water partition coefficient (Wildman–Crippen LogP) is 4.95. The molecule has 0 aliphatic carbocycles. The average molecular weight is 546 g/mol. The van der Waals surface area contributed by atoms with Crippen LogP contribution < -0.4 is 14.8 Å². The first-order valence-electron chi connectivity index (χ1n) is 9.91. The third-order valence-electron chi connectivity index (χ3n) is 4.17. The Morgan fingerprint density at radius 2 is 1.94 bits per heavy atom. The lowest BCUT2D eigenvalue weighted by molar-refractivity contribution is -0.129. The number of benzene rings is 2. The molecule has 1 amide bonds. The molecule has 0 saturated carbocycles. The Morgan fingerprint density at radius 1 is 1.22 bits per heavy atom. The molecule has 0 spiro atoms. The van der Waals surface area contributed by atoms with Gasteiger partial charge in [0.15, 0.2) is 17.2 Å². The summed E-state index contributed by atoms with van der Waals surface area (Å²) in [7, 11) is 0. The smallest absolute Gasteiger partial charge is 0.363 e. The summed E-state index contributed by atoms with van der Waals surface area (Å²) >= 11 is 2.17. The van der Waals surface area contributed by atoms with Crippen molar-refractivity contribution in [1.29, 1.82) is 0 Å². The average Bonchev–Trinajstić information content (AvgIpc) is 3.08. The summed E-state index contributed by atoms with van der Waals surface area (Å²) in [6.45, 7) is 9.93. The van der Waals surface area contributed by atoms with Gasteiger partial charge in [0, 0.05) is 18.2 Å². The quantitative estimate of drug-likeness (QED) is 0.219. The van der Waals surface area contributed by atoms with Crippen molar-refractivity contribution >= 4 is 52.1 Å². The molecule has 1 N–H and O–H groups in total. The minimum absolute atomic E-state index is 0.162. The molecule has 1 aliphatic rings. The van der Waals surface area contributed by atoms with Gasteiger partial charge in [-0.3, -0.25) is 4.79 Å². The van der Waals surface area contributed by atoms with Gasteiger partial charge in [-0.1, -0.05) is 6.58 Å². The standard InChI is InChI=1S/C24H23IN2O5/c1-5-30-21-12-16(10-19(25)22(21)31-13-14(2)3)11-20-24(29)32-23(27-20)17-6-8-18(9-7-17)26-15(4)28/h6-12H,2,5,13H2,1,3-4H3,(H,26,28)/b20-11-. The lowest BCUT2D eigenvalue weighted by Crippen LogP contribution is -2.07. The molecule has 32 heavy (non-hydrogen) atoms. The molecule has 7 nitrogen and oxygen atoms in total. The van der Waals surface area contributed by atoms with E-state index >= 15 is 0 Å². The van der Waals surface area contributed by atoms with Crippen LogP contribution in [0.15, 0.2) is 59.2 Å². The monoisotopic (exact) mass is 546 g/mol. The Labute approximate surface area is 200 Å². The number of hydrogen-bond acceptors (Lipinski definition) is 6. The third kappa shape index (κ3) is 5.97. The summed E-state index contributed by atoms with van der Waals surface area (Å²) in [5, 5.41) is 2.69. The van der Waals surface area contributed by atoms with Crippen LogP contribution in [0.3, 0.4) is 0 Å². The molecule has 3 rings (SSSR count). The van der Waals surface area contributed by atoms with Crippen LogP contribution in [0.1, 0.15) is 31.9 Å². The highest BCUT2D eigenvalue weighted by Crippen LogP contribution is 2.35. The molecule has 1 heterocycles. The Balaban J connectivity index is 1.88. The molecular formula is C24H23IN2O5. The van der Waals surface area contributed by atoms with E-state index in [1.165, 1.54) is 6.92 Å². The fourth-order valence-corrected chi connectivity index (χ4v) is 3.64. The number of carbonyl (C=O) groups is 2. The number of rotatable bonds is 8. The molecule has 0 radical (unpaired) electrons. The van der Waals surface area contributed by atoms with Crippen LogP contribution in [0.5, 0.6) is 11.5 Å². The van der Waals surface area contributed by atoms with Crippen molar-refractivity contribution < 1.29 is 23.8 Å². The number of ether oxygens (including phenoxy) is 3. The first kappa shape index (κ1) is 23.5. The number of amides is 1. The highest BCUT2D eigenvalue weighted by molar-refractivity contribution is 14.1. The Bertz CT molecular complexity index is 1120. The topological polar surface area (TPSA) is 86.2 Å². The zero-order valence-electron chi connectivity index (χ0n) is 18.0. The molecule has 0 saturated heterocycles. The zero-order chi connectivity index (χ0) is 23.3. The van der Waals surface area contributed by atoms with Crippen LogP contribution in [0.25, 0.3) is 6.08 Å². The molecule has 0 unspecified atom stereocenters. The number of halogens is 1. The summed E-state index contributed by atoms with van der Waals surface area (Å²) in [4.78, 5) is 27.9. The predicted molar refractivity (Wildman–Crippen MR) is 132 cm³/mol. The molecule has 0 fully saturated rings. The Hall–Kier alpha value is -3.14. The first-order valence-corrected chi connectivity index (χ1v) is 11.0. The second-order valence-corrected chi connectivity index (χ2v) is 8.27. The van der Waals surface area contributed by atoms with E-state index in [0.717, 1.165) is 14.7 Å². The van der Waals surface area contributed by atoms with E-state index in [4.69, 9.17) is 14.2 Å². The number of esters is 1. The fourth-order valence-electron chi connectivity index (χ4n) is 2.86. The number of nitrogens with one attached hydrogen (secondary N) is 1. The number of anilines is 1. The summed E-state index contributed by atoms with van der Waals surface area (Å²) in [6, 6.07) is 10.6. The van der Waals surface area contributed by atoms with Crippen LogP contribution in [0, 0.1) is 3.57 Å². The zero-order valence-corrected chi connectivity index (χ0v) is 20.2. The lowest BCUT2D eigenvalue weighted by Gasteiger charge is -2.14. The van der Waals surface area contributed by atoms with Crippen LogP contribution in [-0.4, -0.2) is 31.0 Å². The van der Waals surface area contributed by atoms with Crippen molar-refractivity contribution in [3.63, 3.8) is 0 Å². The maximum atomic E-state index is 12.4. The molecule has 2 aromatic rings. The van der Waals surface area contributed by atoms with Gasteiger partial charge >= 0.3 is 5.97 Å². The maximum absolute atomic E-state index is 12.4. The van der Waals surface area contributed by atoms with Gasteiger partial charge < -0.3 is 19.5 Å². The molecular weight excluding hydrogens is 523 g/mol. The highest BCUT2D eigenvalue weighted by atomic mass is 127. The molecule has 0 bridgehead atoms. The van der Waals surface area contributed by atoms with Gasteiger partial charge in [-0.2, -0.15) is 0 Å². The second kappa shape index (κ2) is 10.4. The van der Waals surface area contributed by atoms with Gasteiger partial charge in [-0.05, 0) is 90.0 Å². The van der Waals surface area contributed by atoms with E-state index in [-0.39, 0.29) is 17.5 Å². The third-order valence-corrected chi connectivity index (χ3v) is 4.97. The van der Waals surface area contributed by atoms with E-state index in [0.29, 0.717) is 36.0 Å². The fraction of sp³-hybridized carbons (Fsp3) is 0.208. The van der Waals surface area contributed by atoms with E-state index in [1.54, 1.807) is 36.4 Å². The van der Waals surface area contributed by atoms with Crippen LogP contribution in [0.4, 0.5) is 5.69 Å². The molecule has 0 aromatic heterocycles. The molecule has 1 aliphatic heterocycles. The van der Waals surface area contributed by atoms with Gasteiger partial charge in [0.1, 0.15) is 6.61 Å². The lowest BCUT2D eigenvalue weighted by atomic mass is 10.1. The normalized spacial score (nSPS) is 14.1. The van der Waals surface area contributed by atoms with Crippen molar-refractivity contribution in [3.05, 3.63) is 68.9 Å². The Kier molecular flexibility index (Phi) is 7.68. The van der Waals surface area contributed by atoms with Crippen molar-refractivity contribution in [2.24, 2.45) is 4.99 Å². The van der Waals surface area contributed by atoms with Crippen molar-refractivity contribution in [1.82, 2.24) is 0 Å². The van der Waals surface area contributed by atoms with Gasteiger partial charge in [0.2, 0.25) is 11.8 Å². The van der Waals surface area contributed by atoms with E-state index < -0.39 is 5.97 Å². The minimum Gasteiger partial charge on any atom is -0.490 e. The number of aliphatic imine (C=N–C) groups is 1. The summed E-state index contributed by atoms with van der Waals surface area (Å²) in [5.41, 5.74) is 3.09. The van der Waals surface area contributed by atoms with Crippen LogP contribution in [0.2, 0.25) is 0 Å².